The average Bonchev–Trinajstić information content (AvgIpc) is 3.13. The molecule has 0 aliphatic carbocycles. The fourth-order valence-electron chi connectivity index (χ4n) is 2.43. The van der Waals surface area contributed by atoms with E-state index < -0.39 is 10.0 Å². The molecular formula is C18H26N4O3S2. The number of carbonyl (C=O) groups is 1. The van der Waals surface area contributed by atoms with Crippen molar-refractivity contribution in [3.05, 3.63) is 52.2 Å². The highest BCUT2D eigenvalue weighted by atomic mass is 32.2. The van der Waals surface area contributed by atoms with E-state index in [1.807, 2.05) is 43.4 Å². The van der Waals surface area contributed by atoms with Crippen LogP contribution < -0.4 is 15.4 Å². The fraction of sp³-hybridized carbons (Fsp3) is 0.389. The SMILES string of the molecule is Cc1ccc(S(=O)(=O)NCCNC(=O)NCC(c2cccs2)N(C)C)cc1. The highest BCUT2D eigenvalue weighted by molar-refractivity contribution is 7.89. The Labute approximate surface area is 164 Å². The van der Waals surface area contributed by atoms with Crippen molar-refractivity contribution >= 4 is 27.4 Å². The van der Waals surface area contributed by atoms with Gasteiger partial charge in [0, 0.05) is 24.5 Å². The maximum atomic E-state index is 12.2. The number of sulfonamides is 1. The summed E-state index contributed by atoms with van der Waals surface area (Å²) in [6.07, 6.45) is 0. The van der Waals surface area contributed by atoms with Gasteiger partial charge >= 0.3 is 6.03 Å². The Balaban J connectivity index is 1.73. The standard InChI is InChI=1S/C18H26N4O3S2/c1-14-6-8-15(9-7-14)27(24,25)21-11-10-19-18(23)20-13-16(22(2)3)17-5-4-12-26-17/h4-9,12,16,21H,10-11,13H2,1-3H3,(H2,19,20,23). The molecule has 0 bridgehead atoms. The van der Waals surface area contributed by atoms with E-state index in [1.54, 1.807) is 35.6 Å². The van der Waals surface area contributed by atoms with Crippen molar-refractivity contribution in [1.82, 2.24) is 20.3 Å². The van der Waals surface area contributed by atoms with Crippen LogP contribution in [0.2, 0.25) is 0 Å². The van der Waals surface area contributed by atoms with Gasteiger partial charge in [0.15, 0.2) is 0 Å². The van der Waals surface area contributed by atoms with Crippen molar-refractivity contribution in [2.45, 2.75) is 17.9 Å². The minimum atomic E-state index is -3.57. The zero-order valence-electron chi connectivity index (χ0n) is 15.7. The summed E-state index contributed by atoms with van der Waals surface area (Å²) in [7, 11) is 0.356. The van der Waals surface area contributed by atoms with E-state index in [1.165, 1.54) is 4.88 Å². The number of benzene rings is 1. The van der Waals surface area contributed by atoms with Gasteiger partial charge in [-0.2, -0.15) is 0 Å². The van der Waals surface area contributed by atoms with Gasteiger partial charge in [0.2, 0.25) is 10.0 Å². The van der Waals surface area contributed by atoms with Crippen LogP contribution in [0, 0.1) is 6.92 Å². The number of urea groups is 1. The third kappa shape index (κ3) is 6.62. The lowest BCUT2D eigenvalue weighted by Crippen LogP contribution is -2.43. The molecule has 1 heterocycles. The first-order valence-electron chi connectivity index (χ1n) is 8.57. The molecule has 1 unspecified atom stereocenters. The summed E-state index contributed by atoms with van der Waals surface area (Å²) in [6, 6.07) is 10.4. The Bertz CT molecular complexity index is 819. The Hall–Kier alpha value is -1.94. The van der Waals surface area contributed by atoms with Gasteiger partial charge in [-0.3, -0.25) is 0 Å². The lowest BCUT2D eigenvalue weighted by molar-refractivity contribution is 0.233. The number of hydrogen-bond acceptors (Lipinski definition) is 5. The molecular weight excluding hydrogens is 384 g/mol. The first kappa shape index (κ1) is 21.4. The molecule has 2 rings (SSSR count). The van der Waals surface area contributed by atoms with Crippen LogP contribution in [0.3, 0.4) is 0 Å². The third-order valence-corrected chi connectivity index (χ3v) is 6.44. The van der Waals surface area contributed by atoms with E-state index in [4.69, 9.17) is 0 Å². The highest BCUT2D eigenvalue weighted by Crippen LogP contribution is 2.22. The van der Waals surface area contributed by atoms with Gasteiger partial charge in [0.1, 0.15) is 0 Å². The number of aryl methyl sites for hydroxylation is 1. The van der Waals surface area contributed by atoms with E-state index in [-0.39, 0.29) is 30.1 Å². The van der Waals surface area contributed by atoms with Crippen molar-refractivity contribution in [3.63, 3.8) is 0 Å². The molecule has 1 aromatic carbocycles. The molecule has 1 aromatic heterocycles. The molecule has 0 spiro atoms. The number of thiophene rings is 1. The number of nitrogens with zero attached hydrogens (tertiary/aromatic N) is 1. The molecule has 9 heteroatoms. The van der Waals surface area contributed by atoms with Gasteiger partial charge in [0.25, 0.3) is 0 Å². The van der Waals surface area contributed by atoms with E-state index in [0.717, 1.165) is 5.56 Å². The van der Waals surface area contributed by atoms with Crippen LogP contribution in [0.5, 0.6) is 0 Å². The third-order valence-electron chi connectivity index (χ3n) is 3.98. The van der Waals surface area contributed by atoms with E-state index in [2.05, 4.69) is 15.4 Å². The fourth-order valence-corrected chi connectivity index (χ4v) is 4.39. The molecule has 1 atom stereocenters. The molecule has 2 aromatic rings. The van der Waals surface area contributed by atoms with E-state index >= 15 is 0 Å². The van der Waals surface area contributed by atoms with Crippen LogP contribution in [0.4, 0.5) is 4.79 Å². The Morgan fingerprint density at radius 1 is 1.11 bits per heavy atom. The minimum absolute atomic E-state index is 0.0933. The Morgan fingerprint density at radius 2 is 1.81 bits per heavy atom. The summed E-state index contributed by atoms with van der Waals surface area (Å²) < 4.78 is 26.8. The number of amides is 2. The van der Waals surface area contributed by atoms with Crippen LogP contribution in [0.1, 0.15) is 16.5 Å². The summed E-state index contributed by atoms with van der Waals surface area (Å²) >= 11 is 1.64. The second-order valence-electron chi connectivity index (χ2n) is 6.34. The molecule has 148 valence electrons. The molecule has 0 saturated heterocycles. The van der Waals surface area contributed by atoms with Crippen molar-refractivity contribution in [2.24, 2.45) is 0 Å². The van der Waals surface area contributed by atoms with Gasteiger partial charge in [-0.15, -0.1) is 11.3 Å². The van der Waals surface area contributed by atoms with Gasteiger partial charge in [-0.05, 0) is 44.6 Å². The minimum Gasteiger partial charge on any atom is -0.337 e. The van der Waals surface area contributed by atoms with Crippen molar-refractivity contribution in [2.75, 3.05) is 33.7 Å². The molecule has 0 saturated carbocycles. The molecule has 2 amide bonds. The summed E-state index contributed by atoms with van der Waals surface area (Å²) in [6.45, 7) is 2.67. The summed E-state index contributed by atoms with van der Waals surface area (Å²) in [5.41, 5.74) is 0.992. The summed E-state index contributed by atoms with van der Waals surface area (Å²) in [5, 5.41) is 7.49. The predicted molar refractivity (Wildman–Crippen MR) is 109 cm³/mol. The number of hydrogen-bond donors (Lipinski definition) is 3. The van der Waals surface area contributed by atoms with Crippen LogP contribution in [0.25, 0.3) is 0 Å². The summed E-state index contributed by atoms with van der Waals surface area (Å²) in [5.74, 6) is 0. The Kier molecular flexibility index (Phi) is 7.78. The maximum Gasteiger partial charge on any atom is 0.314 e. The zero-order chi connectivity index (χ0) is 19.9. The van der Waals surface area contributed by atoms with E-state index in [0.29, 0.717) is 6.54 Å². The lowest BCUT2D eigenvalue weighted by Gasteiger charge is -2.23. The first-order valence-corrected chi connectivity index (χ1v) is 10.9. The maximum absolute atomic E-state index is 12.2. The van der Waals surface area contributed by atoms with Crippen LogP contribution >= 0.6 is 11.3 Å². The van der Waals surface area contributed by atoms with Crippen LogP contribution in [-0.2, 0) is 10.0 Å². The molecule has 3 N–H and O–H groups in total. The number of rotatable bonds is 9. The number of carbonyl (C=O) groups excluding carboxylic acids is 1. The molecule has 7 nitrogen and oxygen atoms in total. The van der Waals surface area contributed by atoms with Gasteiger partial charge < -0.3 is 15.5 Å². The molecule has 0 aliphatic rings. The monoisotopic (exact) mass is 410 g/mol. The average molecular weight is 411 g/mol. The van der Waals surface area contributed by atoms with Crippen molar-refractivity contribution < 1.29 is 13.2 Å². The molecule has 0 aliphatic heterocycles. The van der Waals surface area contributed by atoms with Gasteiger partial charge in [-0.25, -0.2) is 17.9 Å². The van der Waals surface area contributed by atoms with Crippen molar-refractivity contribution in [3.8, 4) is 0 Å². The smallest absolute Gasteiger partial charge is 0.314 e. The van der Waals surface area contributed by atoms with Gasteiger partial charge in [-0.1, -0.05) is 23.8 Å². The zero-order valence-corrected chi connectivity index (χ0v) is 17.4. The molecule has 27 heavy (non-hydrogen) atoms. The first-order chi connectivity index (χ1) is 12.8. The summed E-state index contributed by atoms with van der Waals surface area (Å²) in [4.78, 5) is 15.4. The highest BCUT2D eigenvalue weighted by Gasteiger charge is 2.16. The van der Waals surface area contributed by atoms with E-state index in [9.17, 15) is 13.2 Å². The van der Waals surface area contributed by atoms with Crippen LogP contribution in [0.15, 0.2) is 46.7 Å². The largest absolute Gasteiger partial charge is 0.337 e. The number of likely N-dealkylation sites (N-methyl/N-ethyl adjacent to an activating group) is 1. The second-order valence-corrected chi connectivity index (χ2v) is 9.09. The lowest BCUT2D eigenvalue weighted by atomic mass is 10.2. The Morgan fingerprint density at radius 3 is 2.41 bits per heavy atom. The predicted octanol–water partition coefficient (Wildman–Crippen LogP) is 1.94. The van der Waals surface area contributed by atoms with Crippen molar-refractivity contribution in [1.29, 1.82) is 0 Å². The number of nitrogens with one attached hydrogen (secondary N) is 3. The topological polar surface area (TPSA) is 90.5 Å². The van der Waals surface area contributed by atoms with Gasteiger partial charge in [0.05, 0.1) is 10.9 Å². The van der Waals surface area contributed by atoms with Crippen LogP contribution in [-0.4, -0.2) is 53.1 Å². The second kappa shape index (κ2) is 9.84. The normalized spacial score (nSPS) is 12.7. The molecule has 0 fully saturated rings. The molecule has 0 radical (unpaired) electrons. The quantitative estimate of drug-likeness (QED) is 0.551.